The lowest BCUT2D eigenvalue weighted by Crippen LogP contribution is -2.59. The van der Waals surface area contributed by atoms with E-state index in [2.05, 4.69) is 6.58 Å². The number of halogens is 1. The van der Waals surface area contributed by atoms with Crippen molar-refractivity contribution >= 4 is 29.5 Å². The van der Waals surface area contributed by atoms with Crippen LogP contribution in [0.3, 0.4) is 0 Å². The second-order valence-corrected chi connectivity index (χ2v) is 5.41. The van der Waals surface area contributed by atoms with Crippen LogP contribution in [0, 0.1) is 0 Å². The predicted molar refractivity (Wildman–Crippen MR) is 80.6 cm³/mol. The van der Waals surface area contributed by atoms with Crippen LogP contribution >= 0.6 is 11.6 Å². The Balaban J connectivity index is 2.25. The minimum Gasteiger partial charge on any atom is -0.465 e. The molecule has 1 atom stereocenters. The van der Waals surface area contributed by atoms with Crippen LogP contribution in [0.15, 0.2) is 41.9 Å². The summed E-state index contributed by atoms with van der Waals surface area (Å²) in [4.78, 5) is 38.2. The van der Waals surface area contributed by atoms with Gasteiger partial charge in [-0.25, -0.2) is 4.79 Å². The van der Waals surface area contributed by atoms with Crippen molar-refractivity contribution in [3.63, 3.8) is 0 Å². The minimum atomic E-state index is -1.22. The molecule has 1 aliphatic rings. The molecule has 1 saturated heterocycles. The van der Waals surface area contributed by atoms with Gasteiger partial charge in [0.05, 0.1) is 0 Å². The zero-order chi connectivity index (χ0) is 16.3. The normalized spacial score (nSPS) is 18.2. The van der Waals surface area contributed by atoms with Crippen LogP contribution in [-0.2, 0) is 4.79 Å². The van der Waals surface area contributed by atoms with Gasteiger partial charge in [-0.1, -0.05) is 36.4 Å². The second-order valence-electron chi connectivity index (χ2n) is 4.87. The molecule has 116 valence electrons. The minimum absolute atomic E-state index is 0.0180. The molecule has 1 fully saturated rings. The van der Waals surface area contributed by atoms with Gasteiger partial charge in [0.15, 0.2) is 0 Å². The summed E-state index contributed by atoms with van der Waals surface area (Å²) < 4.78 is 0. The Labute approximate surface area is 132 Å². The zero-order valence-corrected chi connectivity index (χ0v) is 12.5. The molecule has 3 amide bonds. The Bertz CT molecular complexity index is 617. The number of carbonyl (C=O) groups excluding carboxylic acids is 2. The Hall–Kier alpha value is -2.34. The third-order valence-electron chi connectivity index (χ3n) is 3.42. The molecule has 0 unspecified atom stereocenters. The molecule has 1 N–H and O–H groups in total. The van der Waals surface area contributed by atoms with Gasteiger partial charge >= 0.3 is 6.09 Å². The average Bonchev–Trinajstić information content (AvgIpc) is 2.48. The number of carbonyl (C=O) groups is 3. The monoisotopic (exact) mass is 322 g/mol. The van der Waals surface area contributed by atoms with Crippen LogP contribution < -0.4 is 0 Å². The molecule has 6 nitrogen and oxygen atoms in total. The van der Waals surface area contributed by atoms with Crippen molar-refractivity contribution in [3.05, 3.63) is 47.5 Å². The van der Waals surface area contributed by atoms with E-state index in [9.17, 15) is 19.5 Å². The molecule has 0 saturated carbocycles. The maximum Gasteiger partial charge on any atom is 0.408 e. The Morgan fingerprint density at radius 2 is 1.91 bits per heavy atom. The summed E-state index contributed by atoms with van der Waals surface area (Å²) in [6, 6.07) is 7.35. The van der Waals surface area contributed by atoms with Crippen molar-refractivity contribution in [3.8, 4) is 0 Å². The number of hydrogen-bond acceptors (Lipinski definition) is 3. The SMILES string of the molecule is C=C(Cl)C[C@H]1C(=O)N(C(=O)c2ccccc2)CCN1C(=O)O. The topological polar surface area (TPSA) is 77.9 Å². The first-order chi connectivity index (χ1) is 10.4. The molecule has 22 heavy (non-hydrogen) atoms. The second kappa shape index (κ2) is 6.62. The lowest BCUT2D eigenvalue weighted by atomic mass is 10.1. The predicted octanol–water partition coefficient (Wildman–Crippen LogP) is 2.16. The van der Waals surface area contributed by atoms with Gasteiger partial charge in [-0.2, -0.15) is 0 Å². The highest BCUT2D eigenvalue weighted by atomic mass is 35.5. The van der Waals surface area contributed by atoms with Crippen molar-refractivity contribution in [2.24, 2.45) is 0 Å². The van der Waals surface area contributed by atoms with E-state index < -0.39 is 23.9 Å². The number of nitrogens with zero attached hydrogens (tertiary/aromatic N) is 2. The molecule has 0 radical (unpaired) electrons. The fraction of sp³-hybridized carbons (Fsp3) is 0.267. The van der Waals surface area contributed by atoms with E-state index >= 15 is 0 Å². The number of hydrogen-bond donors (Lipinski definition) is 1. The molecule has 0 spiro atoms. The smallest absolute Gasteiger partial charge is 0.408 e. The van der Waals surface area contributed by atoms with Gasteiger partial charge in [0.1, 0.15) is 6.04 Å². The van der Waals surface area contributed by atoms with Crippen LogP contribution in [0.25, 0.3) is 0 Å². The Morgan fingerprint density at radius 1 is 1.27 bits per heavy atom. The van der Waals surface area contributed by atoms with Crippen LogP contribution in [0.5, 0.6) is 0 Å². The number of carboxylic acid groups (broad SMARTS) is 1. The largest absolute Gasteiger partial charge is 0.465 e. The molecule has 1 aromatic carbocycles. The molecular weight excluding hydrogens is 308 g/mol. The van der Waals surface area contributed by atoms with Crippen molar-refractivity contribution < 1.29 is 19.5 Å². The van der Waals surface area contributed by atoms with Crippen LogP contribution in [-0.4, -0.2) is 51.9 Å². The lowest BCUT2D eigenvalue weighted by molar-refractivity contribution is -0.137. The van der Waals surface area contributed by atoms with Gasteiger partial charge in [0, 0.05) is 30.1 Å². The van der Waals surface area contributed by atoms with Crippen LogP contribution in [0.4, 0.5) is 4.79 Å². The average molecular weight is 323 g/mol. The van der Waals surface area contributed by atoms with Gasteiger partial charge in [-0.05, 0) is 12.1 Å². The number of imide groups is 1. The summed E-state index contributed by atoms with van der Waals surface area (Å²) in [5.41, 5.74) is 0.378. The van der Waals surface area contributed by atoms with E-state index in [0.717, 1.165) is 9.80 Å². The molecular formula is C15H15ClN2O4. The van der Waals surface area contributed by atoms with Crippen molar-refractivity contribution in [1.29, 1.82) is 0 Å². The first kappa shape index (κ1) is 16.0. The molecule has 7 heteroatoms. The fourth-order valence-electron chi connectivity index (χ4n) is 2.36. The summed E-state index contributed by atoms with van der Waals surface area (Å²) >= 11 is 5.72. The molecule has 0 bridgehead atoms. The van der Waals surface area contributed by atoms with Crippen LogP contribution in [0.2, 0.25) is 0 Å². The van der Waals surface area contributed by atoms with E-state index in [-0.39, 0.29) is 24.5 Å². The summed E-state index contributed by atoms with van der Waals surface area (Å²) in [6.45, 7) is 3.56. The highest BCUT2D eigenvalue weighted by Gasteiger charge is 2.40. The van der Waals surface area contributed by atoms with Gasteiger partial charge < -0.3 is 5.11 Å². The van der Waals surface area contributed by atoms with E-state index in [1.807, 2.05) is 0 Å². The first-order valence-corrected chi connectivity index (χ1v) is 7.03. The van der Waals surface area contributed by atoms with Crippen molar-refractivity contribution in [2.75, 3.05) is 13.1 Å². The van der Waals surface area contributed by atoms with Gasteiger partial charge in [-0.15, -0.1) is 0 Å². The first-order valence-electron chi connectivity index (χ1n) is 6.65. The molecule has 1 aromatic rings. The Morgan fingerprint density at radius 3 is 2.45 bits per heavy atom. The summed E-state index contributed by atoms with van der Waals surface area (Å²) in [5, 5.41) is 9.34. The molecule has 1 aliphatic heterocycles. The highest BCUT2D eigenvalue weighted by Crippen LogP contribution is 2.21. The number of rotatable bonds is 3. The fourth-order valence-corrected chi connectivity index (χ4v) is 2.51. The number of piperazine rings is 1. The summed E-state index contributed by atoms with van der Waals surface area (Å²) in [7, 11) is 0. The molecule has 0 aromatic heterocycles. The summed E-state index contributed by atoms with van der Waals surface area (Å²) in [6.07, 6.45) is -1.24. The lowest BCUT2D eigenvalue weighted by Gasteiger charge is -2.38. The van der Waals surface area contributed by atoms with E-state index in [1.54, 1.807) is 30.3 Å². The summed E-state index contributed by atoms with van der Waals surface area (Å²) in [5.74, 6) is -1.02. The molecule has 0 aliphatic carbocycles. The van der Waals surface area contributed by atoms with E-state index in [0.29, 0.717) is 5.56 Å². The van der Waals surface area contributed by atoms with Gasteiger partial charge in [-0.3, -0.25) is 19.4 Å². The quantitative estimate of drug-likeness (QED) is 0.865. The van der Waals surface area contributed by atoms with Crippen molar-refractivity contribution in [1.82, 2.24) is 9.80 Å². The van der Waals surface area contributed by atoms with E-state index in [1.165, 1.54) is 0 Å². The standard InChI is InChI=1S/C15H15ClN2O4/c1-10(16)9-12-14(20)18(8-7-17(12)15(21)22)13(19)11-5-3-2-4-6-11/h2-6,12H,1,7-9H2,(H,21,22)/t12-/m0/s1. The van der Waals surface area contributed by atoms with Crippen LogP contribution in [0.1, 0.15) is 16.8 Å². The van der Waals surface area contributed by atoms with Gasteiger partial charge in [0.25, 0.3) is 11.8 Å². The third kappa shape index (κ3) is 3.28. The molecule has 2 rings (SSSR count). The number of amides is 3. The Kier molecular flexibility index (Phi) is 4.82. The zero-order valence-electron chi connectivity index (χ0n) is 11.7. The van der Waals surface area contributed by atoms with Gasteiger partial charge in [0.2, 0.25) is 0 Å². The maximum absolute atomic E-state index is 12.5. The van der Waals surface area contributed by atoms with E-state index in [4.69, 9.17) is 11.6 Å². The maximum atomic E-state index is 12.5. The molecule has 1 heterocycles. The van der Waals surface area contributed by atoms with Crippen molar-refractivity contribution in [2.45, 2.75) is 12.5 Å². The number of benzene rings is 1. The highest BCUT2D eigenvalue weighted by molar-refractivity contribution is 6.29. The third-order valence-corrected chi connectivity index (χ3v) is 3.57.